The summed E-state index contributed by atoms with van der Waals surface area (Å²) in [6.07, 6.45) is 4.00. The van der Waals surface area contributed by atoms with E-state index in [1.807, 2.05) is 60.8 Å². The molecule has 0 radical (unpaired) electrons. The van der Waals surface area contributed by atoms with E-state index >= 15 is 0 Å². The molecule has 1 aliphatic heterocycles. The maximum Gasteiger partial charge on any atom is 0.322 e. The van der Waals surface area contributed by atoms with Gasteiger partial charge in [0.25, 0.3) is 0 Å². The van der Waals surface area contributed by atoms with E-state index in [0.717, 1.165) is 54.2 Å². The van der Waals surface area contributed by atoms with Crippen molar-refractivity contribution < 1.29 is 9.47 Å². The quantitative estimate of drug-likeness (QED) is 0.393. The molecular formula is C26H30N6O2. The fourth-order valence-corrected chi connectivity index (χ4v) is 4.06. The van der Waals surface area contributed by atoms with Crippen molar-refractivity contribution in [3.8, 4) is 17.5 Å². The summed E-state index contributed by atoms with van der Waals surface area (Å²) in [4.78, 5) is 9.40. The van der Waals surface area contributed by atoms with Crippen LogP contribution in [0, 0.1) is 0 Å². The molecule has 0 spiro atoms. The Morgan fingerprint density at radius 2 is 1.91 bits per heavy atom. The Hall–Kier alpha value is -3.65. The van der Waals surface area contributed by atoms with E-state index < -0.39 is 0 Å². The Kier molecular flexibility index (Phi) is 6.58. The topological polar surface area (TPSA) is 85.6 Å². The van der Waals surface area contributed by atoms with Crippen molar-refractivity contribution in [2.75, 3.05) is 18.4 Å². The lowest BCUT2D eigenvalue weighted by atomic mass is 10.1. The predicted octanol–water partition coefficient (Wildman–Crippen LogP) is 4.78. The van der Waals surface area contributed by atoms with E-state index in [-0.39, 0.29) is 12.0 Å². The van der Waals surface area contributed by atoms with Gasteiger partial charge in [0.05, 0.1) is 6.20 Å². The minimum Gasteiger partial charge on any atom is -0.459 e. The summed E-state index contributed by atoms with van der Waals surface area (Å²) in [6.45, 7) is 6.61. The van der Waals surface area contributed by atoms with Crippen molar-refractivity contribution in [2.24, 2.45) is 0 Å². The zero-order chi connectivity index (χ0) is 23.3. The molecule has 0 amide bonds. The summed E-state index contributed by atoms with van der Waals surface area (Å²) in [5, 5.41) is 11.4. The monoisotopic (exact) mass is 458 g/mol. The third-order valence-corrected chi connectivity index (χ3v) is 5.90. The number of aromatic nitrogens is 4. The smallest absolute Gasteiger partial charge is 0.322 e. The highest BCUT2D eigenvalue weighted by Gasteiger charge is 2.20. The summed E-state index contributed by atoms with van der Waals surface area (Å²) in [7, 11) is 0. The molecule has 1 saturated heterocycles. The molecule has 2 N–H and O–H groups in total. The van der Waals surface area contributed by atoms with Gasteiger partial charge in [-0.2, -0.15) is 19.6 Å². The summed E-state index contributed by atoms with van der Waals surface area (Å²) < 4.78 is 14.0. The molecule has 2 aromatic carbocycles. The third kappa shape index (κ3) is 4.97. The van der Waals surface area contributed by atoms with Gasteiger partial charge in [0.15, 0.2) is 5.65 Å². The van der Waals surface area contributed by atoms with E-state index in [9.17, 15) is 0 Å². The van der Waals surface area contributed by atoms with Crippen molar-refractivity contribution in [3.63, 3.8) is 0 Å². The maximum atomic E-state index is 6.17. The van der Waals surface area contributed by atoms with Gasteiger partial charge < -0.3 is 20.1 Å². The number of fused-ring (bicyclic) bond motifs is 1. The molecule has 34 heavy (non-hydrogen) atoms. The number of para-hydroxylation sites is 2. The van der Waals surface area contributed by atoms with Gasteiger partial charge in [0.1, 0.15) is 17.6 Å². The van der Waals surface area contributed by atoms with E-state index in [2.05, 4.69) is 34.6 Å². The lowest BCUT2D eigenvalue weighted by Gasteiger charge is -2.23. The van der Waals surface area contributed by atoms with Crippen molar-refractivity contribution in [2.45, 2.75) is 45.3 Å². The minimum atomic E-state index is 0.0643. The average Bonchev–Trinajstić information content (AvgIpc) is 3.29. The first kappa shape index (κ1) is 22.2. The Morgan fingerprint density at radius 3 is 2.71 bits per heavy atom. The number of ether oxygens (including phenoxy) is 2. The highest BCUT2D eigenvalue weighted by molar-refractivity contribution is 5.53. The zero-order valence-corrected chi connectivity index (χ0v) is 19.6. The Morgan fingerprint density at radius 1 is 1.09 bits per heavy atom. The average molecular weight is 459 g/mol. The summed E-state index contributed by atoms with van der Waals surface area (Å²) in [6, 6.07) is 18.1. The standard InChI is InChI=1S/C26H30N6O2/c1-18(2)22-17-29-32-24(22)30-26(34-21-12-8-14-27-16-21)31-25(32)28-15-19-9-6-7-13-23(19)33-20-10-4-3-5-11-20/h3-7,9-11,13,17-18,21,27H,8,12,14-16H2,1-2H3,(H,28,30,31). The fraction of sp³-hybridized carbons (Fsp3) is 0.346. The van der Waals surface area contributed by atoms with E-state index in [1.54, 1.807) is 4.52 Å². The fourth-order valence-electron chi connectivity index (χ4n) is 4.06. The highest BCUT2D eigenvalue weighted by Crippen LogP contribution is 2.27. The lowest BCUT2D eigenvalue weighted by Crippen LogP contribution is -2.37. The van der Waals surface area contributed by atoms with Gasteiger partial charge >= 0.3 is 6.01 Å². The summed E-state index contributed by atoms with van der Waals surface area (Å²) in [5.74, 6) is 2.46. The predicted molar refractivity (Wildman–Crippen MR) is 132 cm³/mol. The summed E-state index contributed by atoms with van der Waals surface area (Å²) >= 11 is 0. The van der Waals surface area contributed by atoms with Crippen LogP contribution in [0.25, 0.3) is 5.65 Å². The van der Waals surface area contributed by atoms with E-state index in [4.69, 9.17) is 14.5 Å². The number of rotatable bonds is 8. The van der Waals surface area contributed by atoms with E-state index in [1.165, 1.54) is 0 Å². The van der Waals surface area contributed by atoms with Gasteiger partial charge in [-0.3, -0.25) is 0 Å². The summed E-state index contributed by atoms with van der Waals surface area (Å²) in [5.41, 5.74) is 2.83. The molecule has 176 valence electrons. The van der Waals surface area contributed by atoms with Crippen LogP contribution in [0.4, 0.5) is 5.95 Å². The normalized spacial score (nSPS) is 16.0. The number of hydrogen-bond donors (Lipinski definition) is 2. The highest BCUT2D eigenvalue weighted by atomic mass is 16.5. The number of anilines is 1. The molecule has 1 aliphatic rings. The molecule has 4 aromatic rings. The van der Waals surface area contributed by atoms with Gasteiger partial charge in [-0.1, -0.05) is 50.2 Å². The molecule has 8 heteroatoms. The molecule has 0 saturated carbocycles. The van der Waals surface area contributed by atoms with E-state index in [0.29, 0.717) is 18.5 Å². The van der Waals surface area contributed by atoms with Crippen LogP contribution in [0.15, 0.2) is 60.8 Å². The van der Waals surface area contributed by atoms with Gasteiger partial charge in [-0.05, 0) is 43.5 Å². The molecule has 5 rings (SSSR count). The molecular weight excluding hydrogens is 428 g/mol. The number of benzene rings is 2. The van der Waals surface area contributed by atoms with Crippen molar-refractivity contribution in [3.05, 3.63) is 71.9 Å². The van der Waals surface area contributed by atoms with Crippen molar-refractivity contribution in [1.82, 2.24) is 24.9 Å². The van der Waals surface area contributed by atoms with Crippen LogP contribution < -0.4 is 20.1 Å². The first-order chi connectivity index (χ1) is 16.7. The lowest BCUT2D eigenvalue weighted by molar-refractivity contribution is 0.153. The zero-order valence-electron chi connectivity index (χ0n) is 19.6. The number of nitrogens with one attached hydrogen (secondary N) is 2. The Labute approximate surface area is 199 Å². The number of nitrogens with zero attached hydrogens (tertiary/aromatic N) is 4. The number of piperidine rings is 1. The van der Waals surface area contributed by atoms with Crippen LogP contribution in [0.1, 0.15) is 43.7 Å². The van der Waals surface area contributed by atoms with Crippen LogP contribution >= 0.6 is 0 Å². The molecule has 0 aliphatic carbocycles. The second-order valence-electron chi connectivity index (χ2n) is 8.78. The van der Waals surface area contributed by atoms with Crippen LogP contribution in [0.3, 0.4) is 0 Å². The van der Waals surface area contributed by atoms with Gasteiger partial charge in [-0.25, -0.2) is 0 Å². The molecule has 1 atom stereocenters. The second kappa shape index (κ2) is 10.1. The van der Waals surface area contributed by atoms with Crippen LogP contribution in [0.5, 0.6) is 17.5 Å². The Balaban J connectivity index is 1.42. The minimum absolute atomic E-state index is 0.0643. The molecule has 3 heterocycles. The largest absolute Gasteiger partial charge is 0.459 e. The second-order valence-corrected chi connectivity index (χ2v) is 8.78. The van der Waals surface area contributed by atoms with Crippen molar-refractivity contribution in [1.29, 1.82) is 0 Å². The third-order valence-electron chi connectivity index (χ3n) is 5.90. The molecule has 8 nitrogen and oxygen atoms in total. The molecule has 0 bridgehead atoms. The van der Waals surface area contributed by atoms with Crippen LogP contribution in [-0.4, -0.2) is 38.8 Å². The number of hydrogen-bond acceptors (Lipinski definition) is 7. The maximum absolute atomic E-state index is 6.17. The first-order valence-electron chi connectivity index (χ1n) is 11.8. The molecule has 1 unspecified atom stereocenters. The molecule has 1 fully saturated rings. The SMILES string of the molecule is CC(C)c1cnn2c(NCc3ccccc3Oc3ccccc3)nc(OC3CCCNC3)nc12. The molecule has 2 aromatic heterocycles. The van der Waals surface area contributed by atoms with Gasteiger partial charge in [0.2, 0.25) is 5.95 Å². The van der Waals surface area contributed by atoms with Gasteiger partial charge in [0, 0.05) is 24.2 Å². The van der Waals surface area contributed by atoms with Gasteiger partial charge in [-0.15, -0.1) is 0 Å². The first-order valence-corrected chi connectivity index (χ1v) is 11.8. The van der Waals surface area contributed by atoms with Crippen molar-refractivity contribution >= 4 is 11.6 Å². The van der Waals surface area contributed by atoms with Crippen LogP contribution in [-0.2, 0) is 6.54 Å². The van der Waals surface area contributed by atoms with Crippen LogP contribution in [0.2, 0.25) is 0 Å². The Bertz CT molecular complexity index is 1230.